The molecule has 1 aromatic rings. The van der Waals surface area contributed by atoms with Crippen LogP contribution in [-0.4, -0.2) is 11.0 Å². The Morgan fingerprint density at radius 3 is 2.94 bits per heavy atom. The van der Waals surface area contributed by atoms with Crippen LogP contribution in [0.25, 0.3) is 0 Å². The zero-order valence-corrected chi connectivity index (χ0v) is 10.4. The maximum atomic E-state index is 13.7. The molecule has 0 spiro atoms. The van der Waals surface area contributed by atoms with Crippen molar-refractivity contribution in [1.29, 1.82) is 0 Å². The van der Waals surface area contributed by atoms with Crippen molar-refractivity contribution >= 4 is 11.8 Å². The molecule has 1 nitrogen and oxygen atoms in total. The van der Waals surface area contributed by atoms with Crippen LogP contribution < -0.4 is 5.73 Å². The Kier molecular flexibility index (Phi) is 3.87. The molecule has 1 aliphatic rings. The first-order chi connectivity index (χ1) is 7.68. The molecule has 1 heterocycles. The summed E-state index contributed by atoms with van der Waals surface area (Å²) < 4.78 is 13.7. The molecule has 2 N–H and O–H groups in total. The highest BCUT2D eigenvalue weighted by atomic mass is 32.2. The fraction of sp³-hybridized carbons (Fsp3) is 0.538. The van der Waals surface area contributed by atoms with Gasteiger partial charge in [-0.3, -0.25) is 0 Å². The molecule has 0 aromatic heterocycles. The van der Waals surface area contributed by atoms with Gasteiger partial charge >= 0.3 is 0 Å². The number of halogens is 1. The summed E-state index contributed by atoms with van der Waals surface area (Å²) in [7, 11) is 0. The van der Waals surface area contributed by atoms with Gasteiger partial charge in [-0.1, -0.05) is 24.1 Å². The Bertz CT molecular complexity index is 361. The van der Waals surface area contributed by atoms with Crippen LogP contribution in [0.15, 0.2) is 18.2 Å². The van der Waals surface area contributed by atoms with Gasteiger partial charge in [0.1, 0.15) is 5.82 Å². The molecule has 1 saturated heterocycles. The summed E-state index contributed by atoms with van der Waals surface area (Å²) in [5.74, 6) is 0.996. The monoisotopic (exact) mass is 239 g/mol. The molecular weight excluding hydrogens is 221 g/mol. The highest BCUT2D eigenvalue weighted by molar-refractivity contribution is 8.00. The van der Waals surface area contributed by atoms with E-state index in [4.69, 9.17) is 5.73 Å². The highest BCUT2D eigenvalue weighted by Crippen LogP contribution is 2.34. The highest BCUT2D eigenvalue weighted by Gasteiger charge is 2.24. The Morgan fingerprint density at radius 2 is 2.25 bits per heavy atom. The van der Waals surface area contributed by atoms with E-state index in [2.05, 4.69) is 0 Å². The predicted molar refractivity (Wildman–Crippen MR) is 68.2 cm³/mol. The minimum absolute atomic E-state index is 0.162. The minimum Gasteiger partial charge on any atom is -0.323 e. The van der Waals surface area contributed by atoms with Gasteiger partial charge in [0.2, 0.25) is 0 Å². The smallest absolute Gasteiger partial charge is 0.128 e. The second-order valence-electron chi connectivity index (χ2n) is 4.46. The van der Waals surface area contributed by atoms with Crippen molar-refractivity contribution in [3.05, 3.63) is 35.1 Å². The van der Waals surface area contributed by atoms with Gasteiger partial charge in [-0.2, -0.15) is 11.8 Å². The maximum Gasteiger partial charge on any atom is 0.128 e. The molecule has 2 unspecified atom stereocenters. The van der Waals surface area contributed by atoms with E-state index in [-0.39, 0.29) is 11.9 Å². The molecular formula is C13H18FNS. The number of thioether (sulfide) groups is 1. The van der Waals surface area contributed by atoms with Crippen LogP contribution in [0, 0.1) is 12.7 Å². The van der Waals surface area contributed by atoms with Crippen molar-refractivity contribution in [2.24, 2.45) is 5.73 Å². The van der Waals surface area contributed by atoms with Gasteiger partial charge in [0.05, 0.1) is 0 Å². The van der Waals surface area contributed by atoms with Gasteiger partial charge in [-0.15, -0.1) is 0 Å². The number of hydrogen-bond acceptors (Lipinski definition) is 2. The van der Waals surface area contributed by atoms with Crippen LogP contribution in [0.1, 0.15) is 36.4 Å². The molecule has 0 radical (unpaired) electrons. The number of nitrogens with two attached hydrogens (primary N) is 1. The lowest BCUT2D eigenvalue weighted by atomic mass is 9.98. The standard InChI is InChI=1S/C13H18FNS/c1-9-5-6-11(14)10(8-9)13(15)12-4-2-3-7-16-12/h5-6,8,12-13H,2-4,7,15H2,1H3. The van der Waals surface area contributed by atoms with Crippen LogP contribution >= 0.6 is 11.8 Å². The molecule has 0 bridgehead atoms. The average molecular weight is 239 g/mol. The van der Waals surface area contributed by atoms with Crippen LogP contribution in [0.4, 0.5) is 4.39 Å². The van der Waals surface area contributed by atoms with Crippen molar-refractivity contribution in [3.8, 4) is 0 Å². The molecule has 1 aliphatic heterocycles. The van der Waals surface area contributed by atoms with Gasteiger partial charge < -0.3 is 5.73 Å². The van der Waals surface area contributed by atoms with Crippen molar-refractivity contribution in [1.82, 2.24) is 0 Å². The Hall–Kier alpha value is -0.540. The minimum atomic E-state index is -0.163. The average Bonchev–Trinajstić information content (AvgIpc) is 2.32. The Morgan fingerprint density at radius 1 is 1.44 bits per heavy atom. The second-order valence-corrected chi connectivity index (χ2v) is 5.80. The number of aryl methyl sites for hydroxylation is 1. The molecule has 1 fully saturated rings. The van der Waals surface area contributed by atoms with E-state index in [1.54, 1.807) is 6.07 Å². The van der Waals surface area contributed by atoms with Crippen LogP contribution in [0.2, 0.25) is 0 Å². The first-order valence-electron chi connectivity index (χ1n) is 5.81. The molecule has 0 amide bonds. The van der Waals surface area contributed by atoms with Crippen LogP contribution in [0.3, 0.4) is 0 Å². The molecule has 3 heteroatoms. The molecule has 16 heavy (non-hydrogen) atoms. The van der Waals surface area contributed by atoms with E-state index < -0.39 is 0 Å². The first kappa shape index (κ1) is 11.9. The summed E-state index contributed by atoms with van der Waals surface area (Å²) >= 11 is 1.89. The van der Waals surface area contributed by atoms with Crippen molar-refractivity contribution in [3.63, 3.8) is 0 Å². The third-order valence-electron chi connectivity index (χ3n) is 3.13. The predicted octanol–water partition coefficient (Wildman–Crippen LogP) is 3.42. The summed E-state index contributed by atoms with van der Waals surface area (Å²) in [5.41, 5.74) is 7.94. The maximum absolute atomic E-state index is 13.7. The van der Waals surface area contributed by atoms with Gasteiger partial charge in [0.25, 0.3) is 0 Å². The van der Waals surface area contributed by atoms with Gasteiger partial charge in [0, 0.05) is 16.9 Å². The van der Waals surface area contributed by atoms with Gasteiger partial charge in [-0.25, -0.2) is 4.39 Å². The fourth-order valence-electron chi connectivity index (χ4n) is 2.17. The summed E-state index contributed by atoms with van der Waals surface area (Å²) in [4.78, 5) is 0. The first-order valence-corrected chi connectivity index (χ1v) is 6.86. The third kappa shape index (κ3) is 2.58. The molecule has 2 rings (SSSR count). The summed E-state index contributed by atoms with van der Waals surface area (Å²) in [6, 6.07) is 5.04. The number of rotatable bonds is 2. The molecule has 88 valence electrons. The zero-order chi connectivity index (χ0) is 11.5. The summed E-state index contributed by atoms with van der Waals surface area (Å²) in [6.07, 6.45) is 3.60. The Balaban J connectivity index is 2.18. The van der Waals surface area contributed by atoms with E-state index in [9.17, 15) is 4.39 Å². The normalized spacial score (nSPS) is 23.1. The summed E-state index contributed by atoms with van der Waals surface area (Å²) in [6.45, 7) is 1.98. The topological polar surface area (TPSA) is 26.0 Å². The van der Waals surface area contributed by atoms with E-state index in [1.807, 2.05) is 24.8 Å². The number of benzene rings is 1. The van der Waals surface area contributed by atoms with Crippen LogP contribution in [0.5, 0.6) is 0 Å². The fourth-order valence-corrected chi connectivity index (χ4v) is 3.53. The van der Waals surface area contributed by atoms with Crippen LogP contribution in [-0.2, 0) is 0 Å². The second kappa shape index (κ2) is 5.19. The molecule has 1 aromatic carbocycles. The van der Waals surface area contributed by atoms with Gasteiger partial charge in [-0.05, 0) is 31.6 Å². The molecule has 0 saturated carbocycles. The van der Waals surface area contributed by atoms with Crippen molar-refractivity contribution in [2.45, 2.75) is 37.5 Å². The van der Waals surface area contributed by atoms with Crippen molar-refractivity contribution in [2.75, 3.05) is 5.75 Å². The van der Waals surface area contributed by atoms with E-state index in [0.29, 0.717) is 10.8 Å². The zero-order valence-electron chi connectivity index (χ0n) is 9.58. The van der Waals surface area contributed by atoms with E-state index >= 15 is 0 Å². The van der Waals surface area contributed by atoms with E-state index in [1.165, 1.54) is 18.9 Å². The lowest BCUT2D eigenvalue weighted by Gasteiger charge is -2.27. The number of hydrogen-bond donors (Lipinski definition) is 1. The lowest BCUT2D eigenvalue weighted by molar-refractivity contribution is 0.540. The SMILES string of the molecule is Cc1ccc(F)c(C(N)C2CCCCS2)c1. The molecule has 0 aliphatic carbocycles. The quantitative estimate of drug-likeness (QED) is 0.855. The largest absolute Gasteiger partial charge is 0.323 e. The van der Waals surface area contributed by atoms with Crippen molar-refractivity contribution < 1.29 is 4.39 Å². The molecule has 2 atom stereocenters. The van der Waals surface area contributed by atoms with E-state index in [0.717, 1.165) is 17.7 Å². The van der Waals surface area contributed by atoms with Gasteiger partial charge in [0.15, 0.2) is 0 Å². The summed E-state index contributed by atoms with van der Waals surface area (Å²) in [5, 5.41) is 0.380. The third-order valence-corrected chi connectivity index (χ3v) is 4.61. The Labute approximate surface area is 101 Å². The lowest BCUT2D eigenvalue weighted by Crippen LogP contribution is -2.27.